The van der Waals surface area contributed by atoms with E-state index < -0.39 is 0 Å². The molecule has 0 bridgehead atoms. The zero-order valence-electron chi connectivity index (χ0n) is 13.2. The Balaban J connectivity index is 2.24. The quantitative estimate of drug-likeness (QED) is 0.756. The number of hydrogen-bond acceptors (Lipinski definition) is 3. The van der Waals surface area contributed by atoms with Crippen LogP contribution in [-0.4, -0.2) is 25.1 Å². The van der Waals surface area contributed by atoms with Gasteiger partial charge in [0.05, 0.1) is 0 Å². The van der Waals surface area contributed by atoms with Crippen LogP contribution in [0.4, 0.5) is 5.82 Å². The number of anilines is 1. The van der Waals surface area contributed by atoms with E-state index in [4.69, 9.17) is 0 Å². The Morgan fingerprint density at radius 3 is 2.67 bits per heavy atom. The molecule has 0 amide bonds. The van der Waals surface area contributed by atoms with E-state index in [9.17, 15) is 0 Å². The summed E-state index contributed by atoms with van der Waals surface area (Å²) in [6, 6.07) is 6.42. The van der Waals surface area contributed by atoms with E-state index in [0.717, 1.165) is 17.1 Å². The van der Waals surface area contributed by atoms with Crippen molar-refractivity contribution in [3.05, 3.63) is 35.7 Å². The summed E-state index contributed by atoms with van der Waals surface area (Å²) in [6.45, 7) is 10.6. The highest BCUT2D eigenvalue weighted by molar-refractivity contribution is 5.78. The van der Waals surface area contributed by atoms with Crippen LogP contribution in [0.3, 0.4) is 0 Å². The molecule has 0 radical (unpaired) electrons. The smallest absolute Gasteiger partial charge is 0.252 e. The van der Waals surface area contributed by atoms with Crippen LogP contribution in [0.2, 0.25) is 0 Å². The van der Waals surface area contributed by atoms with E-state index in [-0.39, 0.29) is 5.54 Å². The molecule has 5 heteroatoms. The van der Waals surface area contributed by atoms with Gasteiger partial charge in [0.2, 0.25) is 0 Å². The van der Waals surface area contributed by atoms with Gasteiger partial charge in [0.1, 0.15) is 12.0 Å². The summed E-state index contributed by atoms with van der Waals surface area (Å²) < 4.78 is 1.89. The van der Waals surface area contributed by atoms with E-state index in [1.807, 2.05) is 4.52 Å². The van der Waals surface area contributed by atoms with E-state index in [1.54, 1.807) is 6.33 Å². The third kappa shape index (κ3) is 2.51. The molecule has 0 fully saturated rings. The molecule has 3 rings (SSSR count). The number of H-pyrrole nitrogens is 1. The Morgan fingerprint density at radius 2 is 1.95 bits per heavy atom. The number of fused-ring (bicyclic) bond motifs is 1. The molecule has 0 atom stereocenters. The van der Waals surface area contributed by atoms with Crippen molar-refractivity contribution in [2.45, 2.75) is 40.2 Å². The Bertz CT molecular complexity index is 789. The molecule has 0 saturated carbocycles. The first-order chi connectivity index (χ1) is 9.85. The second-order valence-corrected chi connectivity index (χ2v) is 6.53. The number of aromatic amines is 1. The van der Waals surface area contributed by atoms with Crippen molar-refractivity contribution in [1.82, 2.24) is 19.6 Å². The van der Waals surface area contributed by atoms with Crippen molar-refractivity contribution in [3.63, 3.8) is 0 Å². The Hall–Kier alpha value is -2.30. The average Bonchev–Trinajstić information content (AvgIpc) is 2.94. The van der Waals surface area contributed by atoms with Crippen LogP contribution in [0, 0.1) is 13.8 Å². The molecule has 2 heterocycles. The molecular weight excluding hydrogens is 262 g/mol. The number of rotatable bonds is 2. The summed E-state index contributed by atoms with van der Waals surface area (Å²) in [5.41, 5.74) is 4.44. The van der Waals surface area contributed by atoms with Gasteiger partial charge in [0.15, 0.2) is 5.82 Å². The molecule has 0 unspecified atom stereocenters. The van der Waals surface area contributed by atoms with Gasteiger partial charge in [-0.15, -0.1) is 0 Å². The molecule has 5 nitrogen and oxygen atoms in total. The molecule has 2 N–H and O–H groups in total. The minimum Gasteiger partial charge on any atom is -0.364 e. The fourth-order valence-electron chi connectivity index (χ4n) is 2.41. The highest BCUT2D eigenvalue weighted by atomic mass is 15.4. The van der Waals surface area contributed by atoms with Gasteiger partial charge in [-0.3, -0.25) is 5.10 Å². The maximum absolute atomic E-state index is 4.69. The normalized spacial score (nSPS) is 12.0. The highest BCUT2D eigenvalue weighted by Gasteiger charge is 2.21. The summed E-state index contributed by atoms with van der Waals surface area (Å²) in [4.78, 5) is 8.95. The first-order valence-electron chi connectivity index (χ1n) is 7.13. The van der Waals surface area contributed by atoms with Crippen molar-refractivity contribution in [2.24, 2.45) is 0 Å². The van der Waals surface area contributed by atoms with E-state index in [1.165, 1.54) is 11.1 Å². The summed E-state index contributed by atoms with van der Waals surface area (Å²) >= 11 is 0. The van der Waals surface area contributed by atoms with Gasteiger partial charge in [-0.25, -0.2) is 14.5 Å². The van der Waals surface area contributed by atoms with Gasteiger partial charge in [-0.2, -0.15) is 0 Å². The monoisotopic (exact) mass is 283 g/mol. The number of nitrogens with zero attached hydrogens (tertiary/aromatic N) is 3. The number of imidazole rings is 1. The zero-order valence-corrected chi connectivity index (χ0v) is 13.2. The summed E-state index contributed by atoms with van der Waals surface area (Å²) in [5, 5.41) is 6.65. The lowest BCUT2D eigenvalue weighted by atomic mass is 10.0. The maximum atomic E-state index is 4.69. The van der Waals surface area contributed by atoms with Crippen molar-refractivity contribution >= 4 is 11.6 Å². The second-order valence-electron chi connectivity index (χ2n) is 6.53. The van der Waals surface area contributed by atoms with Gasteiger partial charge in [0.25, 0.3) is 5.78 Å². The lowest BCUT2D eigenvalue weighted by Gasteiger charge is -2.22. The first kappa shape index (κ1) is 13.7. The van der Waals surface area contributed by atoms with E-state index in [0.29, 0.717) is 5.78 Å². The molecule has 21 heavy (non-hydrogen) atoms. The number of benzene rings is 1. The maximum Gasteiger partial charge on any atom is 0.252 e. The van der Waals surface area contributed by atoms with Crippen LogP contribution in [0.1, 0.15) is 31.9 Å². The molecule has 2 aromatic heterocycles. The van der Waals surface area contributed by atoms with Crippen LogP contribution in [-0.2, 0) is 0 Å². The summed E-state index contributed by atoms with van der Waals surface area (Å²) in [5.74, 6) is 1.63. The van der Waals surface area contributed by atoms with Crippen LogP contribution in [0.25, 0.3) is 17.0 Å². The predicted molar refractivity (Wildman–Crippen MR) is 85.6 cm³/mol. The third-order valence-electron chi connectivity index (χ3n) is 3.37. The highest BCUT2D eigenvalue weighted by Crippen LogP contribution is 2.32. The Labute approximate surface area is 124 Å². The Morgan fingerprint density at radius 1 is 1.19 bits per heavy atom. The van der Waals surface area contributed by atoms with E-state index in [2.05, 4.69) is 73.2 Å². The number of hydrogen-bond donors (Lipinski definition) is 2. The lowest BCUT2D eigenvalue weighted by molar-refractivity contribution is 0.627. The standard InChI is InChI=1S/C16H21N5/c1-10-6-7-11(2)12(8-10)13-14(20-16(3,4)5)21-15(19-13)17-9-18-21/h6-9,20H,1-5H3,(H,17,18,19). The van der Waals surface area contributed by atoms with Crippen LogP contribution >= 0.6 is 0 Å². The lowest BCUT2D eigenvalue weighted by Crippen LogP contribution is -2.27. The van der Waals surface area contributed by atoms with Gasteiger partial charge in [0, 0.05) is 11.1 Å². The Kier molecular flexibility index (Phi) is 3.01. The summed E-state index contributed by atoms with van der Waals surface area (Å²) in [7, 11) is 0. The fourth-order valence-corrected chi connectivity index (χ4v) is 2.41. The van der Waals surface area contributed by atoms with E-state index >= 15 is 0 Å². The minimum atomic E-state index is -0.0620. The number of aryl methyl sites for hydroxylation is 2. The topological polar surface area (TPSA) is 58.0 Å². The van der Waals surface area contributed by atoms with Crippen molar-refractivity contribution in [1.29, 1.82) is 0 Å². The SMILES string of the molecule is Cc1ccc(C)c(-c2nc3nc[nH]n3c2NC(C)(C)C)c1. The van der Waals surface area contributed by atoms with Gasteiger partial charge >= 0.3 is 0 Å². The van der Waals surface area contributed by atoms with Crippen molar-refractivity contribution in [2.75, 3.05) is 5.32 Å². The fraction of sp³-hybridized carbons (Fsp3) is 0.375. The van der Waals surface area contributed by atoms with Crippen LogP contribution in [0.15, 0.2) is 24.5 Å². The molecule has 0 spiro atoms. The molecule has 0 saturated heterocycles. The molecule has 0 aliphatic heterocycles. The molecule has 0 aliphatic carbocycles. The molecule has 1 aromatic carbocycles. The summed E-state index contributed by atoms with van der Waals surface area (Å²) in [6.07, 6.45) is 1.66. The molecular formula is C16H21N5. The van der Waals surface area contributed by atoms with Crippen LogP contribution in [0.5, 0.6) is 0 Å². The first-order valence-corrected chi connectivity index (χ1v) is 7.13. The zero-order chi connectivity index (χ0) is 15.2. The molecule has 0 aliphatic rings. The third-order valence-corrected chi connectivity index (χ3v) is 3.37. The second kappa shape index (κ2) is 4.62. The largest absolute Gasteiger partial charge is 0.364 e. The van der Waals surface area contributed by atoms with Gasteiger partial charge in [-0.05, 0) is 46.2 Å². The van der Waals surface area contributed by atoms with Crippen molar-refractivity contribution < 1.29 is 0 Å². The van der Waals surface area contributed by atoms with Gasteiger partial charge in [-0.1, -0.05) is 17.7 Å². The molecule has 3 aromatic rings. The molecule has 110 valence electrons. The predicted octanol–water partition coefficient (Wildman–Crippen LogP) is 3.55. The number of nitrogens with one attached hydrogen (secondary N) is 2. The van der Waals surface area contributed by atoms with Crippen molar-refractivity contribution in [3.8, 4) is 11.3 Å². The number of aromatic nitrogens is 4. The van der Waals surface area contributed by atoms with Crippen LogP contribution < -0.4 is 5.32 Å². The minimum absolute atomic E-state index is 0.0620. The average molecular weight is 283 g/mol. The van der Waals surface area contributed by atoms with Gasteiger partial charge < -0.3 is 5.32 Å².